The predicted octanol–water partition coefficient (Wildman–Crippen LogP) is 2.39. The van der Waals surface area contributed by atoms with E-state index >= 15 is 0 Å². The van der Waals surface area contributed by atoms with E-state index in [4.69, 9.17) is 10.5 Å². The van der Waals surface area contributed by atoms with Crippen molar-refractivity contribution < 1.29 is 4.74 Å². The van der Waals surface area contributed by atoms with Gasteiger partial charge in [0.2, 0.25) is 0 Å². The van der Waals surface area contributed by atoms with Gasteiger partial charge in [0.05, 0.1) is 12.3 Å². The number of para-hydroxylation sites is 1. The van der Waals surface area contributed by atoms with Gasteiger partial charge in [-0.15, -0.1) is 0 Å². The molecule has 0 saturated carbocycles. The fraction of sp³-hybridized carbons (Fsp3) is 0.333. The van der Waals surface area contributed by atoms with Crippen molar-refractivity contribution in [3.8, 4) is 5.75 Å². The molecular formula is C9H12NO. The molecule has 1 radical (unpaired) electrons. The largest absolute Gasteiger partial charge is 0.491 e. The summed E-state index contributed by atoms with van der Waals surface area (Å²) in [6, 6.07) is 7.26. The van der Waals surface area contributed by atoms with Crippen molar-refractivity contribution in [3.63, 3.8) is 0 Å². The number of nitrogens with one attached hydrogen (secondary N) is 1. The highest BCUT2D eigenvalue weighted by atomic mass is 16.5. The minimum Gasteiger partial charge on any atom is -0.491 e. The average molecular weight is 150 g/mol. The van der Waals surface area contributed by atoms with E-state index in [0.29, 0.717) is 18.0 Å². The van der Waals surface area contributed by atoms with Gasteiger partial charge in [0, 0.05) is 0 Å². The molecule has 2 nitrogen and oxygen atoms in total. The number of hydrogen-bond donors (Lipinski definition) is 0. The molecule has 0 aliphatic heterocycles. The topological polar surface area (TPSA) is 33.0 Å². The van der Waals surface area contributed by atoms with Gasteiger partial charge < -0.3 is 4.74 Å². The van der Waals surface area contributed by atoms with E-state index < -0.39 is 0 Å². The van der Waals surface area contributed by atoms with Gasteiger partial charge >= 0.3 is 0 Å². The van der Waals surface area contributed by atoms with Crippen LogP contribution in [-0.4, -0.2) is 6.61 Å². The van der Waals surface area contributed by atoms with Crippen molar-refractivity contribution in [2.45, 2.75) is 13.3 Å². The van der Waals surface area contributed by atoms with Crippen molar-refractivity contribution in [3.05, 3.63) is 24.3 Å². The molecule has 0 atom stereocenters. The first-order valence-electron chi connectivity index (χ1n) is 3.78. The first-order valence-corrected chi connectivity index (χ1v) is 3.78. The minimum absolute atomic E-state index is 0.459. The van der Waals surface area contributed by atoms with Gasteiger partial charge in [-0.3, -0.25) is 5.73 Å². The third kappa shape index (κ3) is 2.15. The third-order valence-corrected chi connectivity index (χ3v) is 1.35. The Hall–Kier alpha value is -1.18. The molecule has 0 aromatic heterocycles. The molecule has 1 N–H and O–H groups in total. The Bertz CT molecular complexity index is 223. The van der Waals surface area contributed by atoms with E-state index in [1.54, 1.807) is 6.07 Å². The molecule has 0 bridgehead atoms. The van der Waals surface area contributed by atoms with Crippen LogP contribution in [0.1, 0.15) is 13.3 Å². The lowest BCUT2D eigenvalue weighted by Gasteiger charge is -2.05. The second-order valence-electron chi connectivity index (χ2n) is 2.34. The van der Waals surface area contributed by atoms with Crippen LogP contribution in [0.4, 0.5) is 5.69 Å². The summed E-state index contributed by atoms with van der Waals surface area (Å²) < 4.78 is 5.30. The van der Waals surface area contributed by atoms with Crippen molar-refractivity contribution >= 4 is 5.69 Å². The van der Waals surface area contributed by atoms with Crippen LogP contribution >= 0.6 is 0 Å². The van der Waals surface area contributed by atoms with Gasteiger partial charge in [0.15, 0.2) is 0 Å². The van der Waals surface area contributed by atoms with E-state index in [1.807, 2.05) is 25.1 Å². The standard InChI is InChI=1S/C9H12NO/c1-2-7-11-9-6-4-3-5-8(9)10/h3-6,10H,2,7H2,1H3. The zero-order valence-electron chi connectivity index (χ0n) is 6.63. The van der Waals surface area contributed by atoms with Crippen LogP contribution in [0.3, 0.4) is 0 Å². The zero-order chi connectivity index (χ0) is 8.10. The molecule has 1 rings (SSSR count). The van der Waals surface area contributed by atoms with Gasteiger partial charge in [0.1, 0.15) is 5.75 Å². The lowest BCUT2D eigenvalue weighted by Crippen LogP contribution is -1.95. The molecule has 0 aliphatic rings. The number of benzene rings is 1. The normalized spacial score (nSPS) is 9.55. The van der Waals surface area contributed by atoms with Gasteiger partial charge in [0.25, 0.3) is 0 Å². The molecule has 0 saturated heterocycles. The highest BCUT2D eigenvalue weighted by Gasteiger charge is 1.96. The fourth-order valence-electron chi connectivity index (χ4n) is 0.805. The molecule has 1 aromatic carbocycles. The first-order chi connectivity index (χ1) is 5.34. The quantitative estimate of drug-likeness (QED) is 0.651. The molecule has 0 fully saturated rings. The van der Waals surface area contributed by atoms with Crippen LogP contribution in [0.15, 0.2) is 24.3 Å². The monoisotopic (exact) mass is 150 g/mol. The molecule has 0 spiro atoms. The second kappa shape index (κ2) is 3.86. The highest BCUT2D eigenvalue weighted by Crippen LogP contribution is 2.20. The molecule has 0 amide bonds. The maximum atomic E-state index is 7.42. The summed E-state index contributed by atoms with van der Waals surface area (Å²) in [6.45, 7) is 2.74. The van der Waals surface area contributed by atoms with Crippen molar-refractivity contribution in [2.75, 3.05) is 6.61 Å². The van der Waals surface area contributed by atoms with E-state index in [9.17, 15) is 0 Å². The molecular weight excluding hydrogens is 138 g/mol. The lowest BCUT2D eigenvalue weighted by atomic mass is 10.3. The highest BCUT2D eigenvalue weighted by molar-refractivity contribution is 5.48. The summed E-state index contributed by atoms with van der Waals surface area (Å²) in [5, 5.41) is 0. The number of ether oxygens (including phenoxy) is 1. The van der Waals surface area contributed by atoms with E-state index in [2.05, 4.69) is 0 Å². The maximum Gasteiger partial charge on any atom is 0.144 e. The third-order valence-electron chi connectivity index (χ3n) is 1.35. The van der Waals surface area contributed by atoms with Crippen molar-refractivity contribution in [2.24, 2.45) is 0 Å². The Labute approximate surface area is 67.0 Å². The van der Waals surface area contributed by atoms with Crippen LogP contribution in [0, 0.1) is 0 Å². The van der Waals surface area contributed by atoms with Gasteiger partial charge in [-0.2, -0.15) is 0 Å². The Balaban J connectivity index is 2.62. The summed E-state index contributed by atoms with van der Waals surface area (Å²) in [7, 11) is 0. The molecule has 2 heteroatoms. The van der Waals surface area contributed by atoms with Crippen LogP contribution in [-0.2, 0) is 0 Å². The maximum absolute atomic E-state index is 7.42. The molecule has 0 heterocycles. The summed E-state index contributed by atoms with van der Waals surface area (Å²) in [4.78, 5) is 0. The summed E-state index contributed by atoms with van der Waals surface area (Å²) in [5.74, 6) is 0.675. The molecule has 11 heavy (non-hydrogen) atoms. The van der Waals surface area contributed by atoms with Crippen LogP contribution in [0.2, 0.25) is 0 Å². The number of hydrogen-bond acceptors (Lipinski definition) is 1. The van der Waals surface area contributed by atoms with Gasteiger partial charge in [-0.05, 0) is 18.6 Å². The summed E-state index contributed by atoms with van der Waals surface area (Å²) in [6.07, 6.45) is 0.980. The van der Waals surface area contributed by atoms with Crippen molar-refractivity contribution in [1.29, 1.82) is 0 Å². The predicted molar refractivity (Wildman–Crippen MR) is 45.0 cm³/mol. The fourth-order valence-corrected chi connectivity index (χ4v) is 0.805. The Morgan fingerprint density at radius 1 is 1.36 bits per heavy atom. The lowest BCUT2D eigenvalue weighted by molar-refractivity contribution is 0.318. The van der Waals surface area contributed by atoms with E-state index in [0.717, 1.165) is 6.42 Å². The molecule has 0 unspecified atom stereocenters. The Kier molecular flexibility index (Phi) is 2.78. The average Bonchev–Trinajstić information content (AvgIpc) is 2.03. The Morgan fingerprint density at radius 3 is 2.73 bits per heavy atom. The number of rotatable bonds is 3. The van der Waals surface area contributed by atoms with E-state index in [1.165, 1.54) is 0 Å². The molecule has 1 aromatic rings. The summed E-state index contributed by atoms with van der Waals surface area (Å²) >= 11 is 0. The van der Waals surface area contributed by atoms with Crippen LogP contribution in [0.25, 0.3) is 0 Å². The molecule has 0 aliphatic carbocycles. The van der Waals surface area contributed by atoms with Crippen LogP contribution in [0.5, 0.6) is 5.75 Å². The van der Waals surface area contributed by atoms with E-state index in [-0.39, 0.29) is 0 Å². The zero-order valence-corrected chi connectivity index (χ0v) is 6.63. The van der Waals surface area contributed by atoms with Gasteiger partial charge in [-0.1, -0.05) is 19.1 Å². The van der Waals surface area contributed by atoms with Gasteiger partial charge in [-0.25, -0.2) is 0 Å². The molecule has 59 valence electrons. The summed E-state index contributed by atoms with van der Waals surface area (Å²) in [5.41, 5.74) is 7.88. The second-order valence-corrected chi connectivity index (χ2v) is 2.34. The SMILES string of the molecule is CCCOc1ccccc1[NH]. The Morgan fingerprint density at radius 2 is 2.09 bits per heavy atom. The first kappa shape index (κ1) is 7.92. The van der Waals surface area contributed by atoms with Crippen LogP contribution < -0.4 is 10.5 Å². The van der Waals surface area contributed by atoms with Crippen molar-refractivity contribution in [1.82, 2.24) is 5.73 Å². The smallest absolute Gasteiger partial charge is 0.144 e. The minimum atomic E-state index is 0.459.